The molecule has 2 aliphatic rings. The van der Waals surface area contributed by atoms with E-state index in [4.69, 9.17) is 9.57 Å². The van der Waals surface area contributed by atoms with Gasteiger partial charge in [-0.1, -0.05) is 6.07 Å². The van der Waals surface area contributed by atoms with Gasteiger partial charge in [-0.15, -0.1) is 0 Å². The van der Waals surface area contributed by atoms with Crippen molar-refractivity contribution in [2.45, 2.75) is 25.8 Å². The lowest BCUT2D eigenvalue weighted by molar-refractivity contribution is -0.149. The van der Waals surface area contributed by atoms with Gasteiger partial charge >= 0.3 is 0 Å². The lowest BCUT2D eigenvalue weighted by Crippen LogP contribution is -2.38. The van der Waals surface area contributed by atoms with E-state index in [1.165, 1.54) is 0 Å². The Hall–Kier alpha value is -1.70. The molecule has 2 fully saturated rings. The number of hydrogen-bond donors (Lipinski definition) is 1. The smallest absolute Gasteiger partial charge is 0.220 e. The lowest BCUT2D eigenvalue weighted by Gasteiger charge is -2.30. The van der Waals surface area contributed by atoms with Gasteiger partial charge in [0.15, 0.2) is 0 Å². The van der Waals surface area contributed by atoms with Crippen LogP contribution in [0.5, 0.6) is 0 Å². The highest BCUT2D eigenvalue weighted by molar-refractivity contribution is 5.76. The number of aromatic nitrogens is 1. The van der Waals surface area contributed by atoms with Crippen LogP contribution in [0.15, 0.2) is 18.3 Å². The maximum Gasteiger partial charge on any atom is 0.220 e. The third-order valence-corrected chi connectivity index (χ3v) is 4.96. The molecule has 7 nitrogen and oxygen atoms in total. The van der Waals surface area contributed by atoms with Crippen LogP contribution in [0.1, 0.15) is 24.8 Å². The number of hydrogen-bond acceptors (Lipinski definition) is 6. The number of hydroxylamine groups is 2. The summed E-state index contributed by atoms with van der Waals surface area (Å²) >= 11 is 0. The van der Waals surface area contributed by atoms with Gasteiger partial charge in [-0.3, -0.25) is 4.79 Å². The number of amides is 1. The number of anilines is 1. The van der Waals surface area contributed by atoms with E-state index >= 15 is 0 Å². The fraction of sp³-hybridized carbons (Fsp3) is 0.667. The molecule has 1 aromatic rings. The minimum atomic E-state index is 0.118. The van der Waals surface area contributed by atoms with Crippen LogP contribution < -0.4 is 10.2 Å². The first kappa shape index (κ1) is 18.1. The Morgan fingerprint density at radius 1 is 1.32 bits per heavy atom. The molecule has 7 heteroatoms. The van der Waals surface area contributed by atoms with Crippen LogP contribution in [0.2, 0.25) is 0 Å². The number of carbonyl (C=O) groups excluding carboxylic acids is 1. The number of rotatable bonds is 6. The van der Waals surface area contributed by atoms with Crippen molar-refractivity contribution < 1.29 is 14.4 Å². The second kappa shape index (κ2) is 9.12. The Kier molecular flexibility index (Phi) is 6.61. The number of carbonyl (C=O) groups is 1. The number of nitrogens with one attached hydrogen (secondary N) is 1. The minimum absolute atomic E-state index is 0.118. The van der Waals surface area contributed by atoms with Crippen LogP contribution in [-0.4, -0.2) is 62.5 Å². The zero-order chi connectivity index (χ0) is 17.5. The Bertz CT molecular complexity index is 555. The van der Waals surface area contributed by atoms with E-state index in [9.17, 15) is 4.79 Å². The molecule has 25 heavy (non-hydrogen) atoms. The van der Waals surface area contributed by atoms with Crippen LogP contribution in [-0.2, 0) is 20.9 Å². The first-order valence-corrected chi connectivity index (χ1v) is 9.08. The predicted octanol–water partition coefficient (Wildman–Crippen LogP) is 1.20. The van der Waals surface area contributed by atoms with Crippen molar-refractivity contribution >= 4 is 11.7 Å². The molecule has 2 aliphatic heterocycles. The fourth-order valence-corrected chi connectivity index (χ4v) is 3.45. The zero-order valence-electron chi connectivity index (χ0n) is 14.9. The van der Waals surface area contributed by atoms with E-state index in [2.05, 4.69) is 15.2 Å². The molecule has 3 rings (SSSR count). The molecule has 3 heterocycles. The fourth-order valence-electron chi connectivity index (χ4n) is 3.45. The molecule has 0 aromatic carbocycles. The normalized spacial score (nSPS) is 19.8. The molecule has 0 aliphatic carbocycles. The van der Waals surface area contributed by atoms with Crippen molar-refractivity contribution in [2.75, 3.05) is 51.4 Å². The van der Waals surface area contributed by atoms with Crippen molar-refractivity contribution in [3.05, 3.63) is 23.9 Å². The zero-order valence-corrected chi connectivity index (χ0v) is 14.9. The summed E-state index contributed by atoms with van der Waals surface area (Å²) in [4.78, 5) is 24.3. The molecule has 0 saturated carbocycles. The van der Waals surface area contributed by atoms with Gasteiger partial charge in [0.05, 0.1) is 20.3 Å². The van der Waals surface area contributed by atoms with Gasteiger partial charge in [0, 0.05) is 50.9 Å². The highest BCUT2D eigenvalue weighted by Crippen LogP contribution is 2.21. The highest BCUT2D eigenvalue weighted by Gasteiger charge is 2.22. The predicted molar refractivity (Wildman–Crippen MR) is 95.0 cm³/mol. The molecule has 138 valence electrons. The second-order valence-corrected chi connectivity index (χ2v) is 6.62. The third-order valence-electron chi connectivity index (χ3n) is 4.96. The number of piperidine rings is 1. The second-order valence-electron chi connectivity index (χ2n) is 6.62. The largest absolute Gasteiger partial charge is 0.378 e. The highest BCUT2D eigenvalue weighted by atomic mass is 16.7. The summed E-state index contributed by atoms with van der Waals surface area (Å²) in [7, 11) is 1.70. The molecule has 0 radical (unpaired) electrons. The number of nitrogens with zero attached hydrogens (tertiary/aromatic N) is 3. The molecular formula is C18H28N4O3. The van der Waals surface area contributed by atoms with Crippen LogP contribution >= 0.6 is 0 Å². The third kappa shape index (κ3) is 5.14. The Balaban J connectivity index is 1.49. The van der Waals surface area contributed by atoms with Crippen molar-refractivity contribution in [2.24, 2.45) is 5.92 Å². The van der Waals surface area contributed by atoms with Crippen molar-refractivity contribution in [1.29, 1.82) is 0 Å². The summed E-state index contributed by atoms with van der Waals surface area (Å²) in [6.07, 6.45) is 4.41. The van der Waals surface area contributed by atoms with Crippen LogP contribution in [0, 0.1) is 5.92 Å². The maximum atomic E-state index is 12.3. The summed E-state index contributed by atoms with van der Waals surface area (Å²) in [5.74, 6) is 1.52. The maximum absolute atomic E-state index is 12.3. The average Bonchev–Trinajstić information content (AvgIpc) is 2.68. The molecule has 1 aromatic heterocycles. The van der Waals surface area contributed by atoms with E-state index in [-0.39, 0.29) is 5.91 Å². The van der Waals surface area contributed by atoms with Gasteiger partial charge in [0.2, 0.25) is 5.91 Å². The Morgan fingerprint density at radius 3 is 2.80 bits per heavy atom. The Labute approximate surface area is 149 Å². The van der Waals surface area contributed by atoms with E-state index in [0.29, 0.717) is 18.9 Å². The molecule has 0 unspecified atom stereocenters. The minimum Gasteiger partial charge on any atom is -0.378 e. The molecule has 2 saturated heterocycles. The molecule has 1 amide bonds. The first-order valence-electron chi connectivity index (χ1n) is 9.08. The molecular weight excluding hydrogens is 320 g/mol. The Morgan fingerprint density at radius 2 is 2.08 bits per heavy atom. The van der Waals surface area contributed by atoms with Crippen LogP contribution in [0.3, 0.4) is 0 Å². The first-order chi connectivity index (χ1) is 12.3. The van der Waals surface area contributed by atoms with Gasteiger partial charge < -0.3 is 19.8 Å². The van der Waals surface area contributed by atoms with E-state index in [1.54, 1.807) is 13.3 Å². The number of pyridine rings is 1. The number of morpholine rings is 1. The lowest BCUT2D eigenvalue weighted by atomic mass is 9.94. The standard InChI is InChI=1S/C18H28N4O3/c1-24-22-7-4-15(5-8-22)13-17(23)20-14-16-3-2-6-19-18(16)21-9-11-25-12-10-21/h2-3,6,15H,4-5,7-14H2,1H3,(H,20,23). The van der Waals surface area contributed by atoms with E-state index in [0.717, 1.165) is 63.6 Å². The molecule has 0 spiro atoms. The van der Waals surface area contributed by atoms with E-state index in [1.807, 2.05) is 17.2 Å². The monoisotopic (exact) mass is 348 g/mol. The van der Waals surface area contributed by atoms with E-state index < -0.39 is 0 Å². The van der Waals surface area contributed by atoms with Crippen LogP contribution in [0.4, 0.5) is 5.82 Å². The number of ether oxygens (including phenoxy) is 1. The van der Waals surface area contributed by atoms with Gasteiger partial charge in [-0.25, -0.2) is 4.98 Å². The van der Waals surface area contributed by atoms with Crippen molar-refractivity contribution in [1.82, 2.24) is 15.4 Å². The summed E-state index contributed by atoms with van der Waals surface area (Å²) < 4.78 is 5.41. The summed E-state index contributed by atoms with van der Waals surface area (Å²) in [5, 5.41) is 5.03. The quantitative estimate of drug-likeness (QED) is 0.833. The summed E-state index contributed by atoms with van der Waals surface area (Å²) in [6, 6.07) is 3.96. The van der Waals surface area contributed by atoms with Gasteiger partial charge in [0.1, 0.15) is 5.82 Å². The van der Waals surface area contributed by atoms with Gasteiger partial charge in [-0.2, -0.15) is 5.06 Å². The topological polar surface area (TPSA) is 66.9 Å². The molecule has 0 bridgehead atoms. The summed E-state index contributed by atoms with van der Waals surface area (Å²) in [6.45, 7) is 5.46. The van der Waals surface area contributed by atoms with Gasteiger partial charge in [-0.05, 0) is 24.8 Å². The molecule has 0 atom stereocenters. The SMILES string of the molecule is CON1CCC(CC(=O)NCc2cccnc2N2CCOCC2)CC1. The summed E-state index contributed by atoms with van der Waals surface area (Å²) in [5.41, 5.74) is 1.06. The molecule has 1 N–H and O–H groups in total. The van der Waals surface area contributed by atoms with Crippen molar-refractivity contribution in [3.8, 4) is 0 Å². The average molecular weight is 348 g/mol. The van der Waals surface area contributed by atoms with Gasteiger partial charge in [0.25, 0.3) is 0 Å². The van der Waals surface area contributed by atoms with Crippen molar-refractivity contribution in [3.63, 3.8) is 0 Å². The van der Waals surface area contributed by atoms with Crippen LogP contribution in [0.25, 0.3) is 0 Å².